The minimum Gasteiger partial charge on any atom is -0.234 e. The Morgan fingerprint density at radius 3 is 2.56 bits per heavy atom. The van der Waals surface area contributed by atoms with Gasteiger partial charge in [-0.15, -0.1) is 0 Å². The number of benzene rings is 1. The zero-order valence-electron chi connectivity index (χ0n) is 9.95. The normalized spacial score (nSPS) is 14.3. The molecule has 1 rings (SSSR count). The van der Waals surface area contributed by atoms with Gasteiger partial charge in [0, 0.05) is 11.2 Å². The molecule has 16 heavy (non-hydrogen) atoms. The number of halogens is 1. The maximum atomic E-state index is 11.7. The van der Waals surface area contributed by atoms with Gasteiger partial charge in [-0.05, 0) is 44.9 Å². The molecule has 0 aliphatic carbocycles. The molecule has 1 aromatic carbocycles. The minimum absolute atomic E-state index is 0.330. The summed E-state index contributed by atoms with van der Waals surface area (Å²) in [5.41, 5.74) is 1.86. The van der Waals surface area contributed by atoms with E-state index in [-0.39, 0.29) is 4.75 Å². The molecule has 2 nitrogen and oxygen atoms in total. The number of rotatable bonds is 2. The largest absolute Gasteiger partial charge is 0.234 e. The molecule has 0 saturated carbocycles. The first-order valence-corrected chi connectivity index (χ1v) is 6.52. The van der Waals surface area contributed by atoms with E-state index in [1.54, 1.807) is 6.21 Å². The van der Waals surface area contributed by atoms with Crippen molar-refractivity contribution in [3.8, 4) is 0 Å². The molecule has 1 aromatic rings. The standard InChI is InChI=1S/C12H16ClNOS/c1-9-10(6-5-7-11(9)13)8-14-16(15)12(2,3)4/h5-8H,1-4H3/t16-/m1/s1. The van der Waals surface area contributed by atoms with Gasteiger partial charge in [0.25, 0.3) is 0 Å². The fourth-order valence-corrected chi connectivity index (χ4v) is 1.73. The van der Waals surface area contributed by atoms with E-state index in [2.05, 4.69) is 4.40 Å². The topological polar surface area (TPSA) is 29.4 Å². The van der Waals surface area contributed by atoms with Crippen LogP contribution in [0.2, 0.25) is 5.02 Å². The summed E-state index contributed by atoms with van der Waals surface area (Å²) < 4.78 is 15.4. The predicted octanol–water partition coefficient (Wildman–Crippen LogP) is 3.53. The van der Waals surface area contributed by atoms with Crippen LogP contribution in [0.1, 0.15) is 31.9 Å². The first kappa shape index (κ1) is 13.4. The van der Waals surface area contributed by atoms with Crippen LogP contribution in [-0.4, -0.2) is 15.2 Å². The fraction of sp³-hybridized carbons (Fsp3) is 0.417. The van der Waals surface area contributed by atoms with Crippen molar-refractivity contribution < 1.29 is 4.21 Å². The molecule has 0 N–H and O–H groups in total. The summed E-state index contributed by atoms with van der Waals surface area (Å²) >= 11 is 5.98. The Labute approximate surface area is 104 Å². The monoisotopic (exact) mass is 257 g/mol. The highest BCUT2D eigenvalue weighted by Gasteiger charge is 2.18. The number of nitrogens with zero attached hydrogens (tertiary/aromatic N) is 1. The lowest BCUT2D eigenvalue weighted by Gasteiger charge is -2.12. The van der Waals surface area contributed by atoms with Gasteiger partial charge in [0.15, 0.2) is 0 Å². The lowest BCUT2D eigenvalue weighted by Crippen LogP contribution is -2.19. The summed E-state index contributed by atoms with van der Waals surface area (Å²) in [5, 5.41) is 0.700. The van der Waals surface area contributed by atoms with Crippen LogP contribution in [0.3, 0.4) is 0 Å². The van der Waals surface area contributed by atoms with Crippen molar-refractivity contribution in [2.24, 2.45) is 4.40 Å². The average molecular weight is 258 g/mol. The van der Waals surface area contributed by atoms with Crippen LogP contribution < -0.4 is 0 Å². The molecule has 0 radical (unpaired) electrons. The average Bonchev–Trinajstić information content (AvgIpc) is 2.18. The highest BCUT2D eigenvalue weighted by molar-refractivity contribution is 7.85. The van der Waals surface area contributed by atoms with Gasteiger partial charge in [0.1, 0.15) is 11.0 Å². The first-order chi connectivity index (χ1) is 7.32. The van der Waals surface area contributed by atoms with Crippen molar-refractivity contribution >= 4 is 28.8 Å². The van der Waals surface area contributed by atoms with Crippen LogP contribution in [0, 0.1) is 6.92 Å². The smallest absolute Gasteiger partial charge is 0.144 e. The van der Waals surface area contributed by atoms with Gasteiger partial charge in [-0.3, -0.25) is 0 Å². The number of hydrogen-bond acceptors (Lipinski definition) is 1. The molecule has 0 amide bonds. The molecule has 0 aliphatic rings. The second kappa shape index (κ2) is 5.11. The van der Waals surface area contributed by atoms with E-state index in [1.807, 2.05) is 45.9 Å². The van der Waals surface area contributed by atoms with Gasteiger partial charge in [-0.1, -0.05) is 23.7 Å². The van der Waals surface area contributed by atoms with Crippen molar-refractivity contribution in [1.29, 1.82) is 0 Å². The van der Waals surface area contributed by atoms with Crippen molar-refractivity contribution in [2.75, 3.05) is 0 Å². The maximum Gasteiger partial charge on any atom is 0.144 e. The van der Waals surface area contributed by atoms with Crippen LogP contribution in [0.15, 0.2) is 22.6 Å². The van der Waals surface area contributed by atoms with Crippen LogP contribution in [0.5, 0.6) is 0 Å². The van der Waals surface area contributed by atoms with Crippen LogP contribution in [-0.2, 0) is 11.0 Å². The summed E-state index contributed by atoms with van der Waals surface area (Å²) in [6.07, 6.45) is 1.63. The Kier molecular flexibility index (Phi) is 4.28. The molecule has 0 aromatic heterocycles. The van der Waals surface area contributed by atoms with E-state index in [0.717, 1.165) is 11.1 Å². The predicted molar refractivity (Wildman–Crippen MR) is 71.7 cm³/mol. The third-order valence-electron chi connectivity index (χ3n) is 2.12. The fourth-order valence-electron chi connectivity index (χ4n) is 1.03. The summed E-state index contributed by atoms with van der Waals surface area (Å²) in [4.78, 5) is 0. The highest BCUT2D eigenvalue weighted by Crippen LogP contribution is 2.18. The molecule has 88 valence electrons. The number of hydrogen-bond donors (Lipinski definition) is 0. The van der Waals surface area contributed by atoms with Crippen LogP contribution >= 0.6 is 11.6 Å². The molecule has 4 heteroatoms. The summed E-state index contributed by atoms with van der Waals surface area (Å²) in [7, 11) is -1.23. The van der Waals surface area contributed by atoms with Gasteiger partial charge in [-0.25, -0.2) is 4.21 Å². The van der Waals surface area contributed by atoms with Crippen molar-refractivity contribution in [3.63, 3.8) is 0 Å². The Balaban J connectivity index is 2.94. The van der Waals surface area contributed by atoms with E-state index in [4.69, 9.17) is 11.6 Å². The zero-order chi connectivity index (χ0) is 12.3. The molecular formula is C12H16ClNOS. The molecule has 0 unspecified atom stereocenters. The van der Waals surface area contributed by atoms with Gasteiger partial charge in [-0.2, -0.15) is 4.40 Å². The zero-order valence-corrected chi connectivity index (χ0v) is 11.5. The maximum absolute atomic E-state index is 11.7. The highest BCUT2D eigenvalue weighted by atomic mass is 35.5. The molecule has 1 atom stereocenters. The van der Waals surface area contributed by atoms with Crippen molar-refractivity contribution in [3.05, 3.63) is 34.3 Å². The third-order valence-corrected chi connectivity index (χ3v) is 3.88. The summed E-state index contributed by atoms with van der Waals surface area (Å²) in [6, 6.07) is 5.59. The Morgan fingerprint density at radius 2 is 2.00 bits per heavy atom. The van der Waals surface area contributed by atoms with E-state index in [1.165, 1.54) is 0 Å². The van der Waals surface area contributed by atoms with Crippen LogP contribution in [0.4, 0.5) is 0 Å². The molecule has 0 saturated heterocycles. The Morgan fingerprint density at radius 1 is 1.38 bits per heavy atom. The Hall–Kier alpha value is -0.670. The summed E-state index contributed by atoms with van der Waals surface area (Å²) in [6.45, 7) is 7.60. The molecule has 0 spiro atoms. The van der Waals surface area contributed by atoms with E-state index in [0.29, 0.717) is 5.02 Å². The van der Waals surface area contributed by atoms with E-state index < -0.39 is 11.0 Å². The molecule has 0 bridgehead atoms. The lowest BCUT2D eigenvalue weighted by molar-refractivity contribution is 0.651. The second-order valence-corrected chi connectivity index (χ2v) is 6.89. The van der Waals surface area contributed by atoms with Gasteiger partial charge < -0.3 is 0 Å². The quantitative estimate of drug-likeness (QED) is 0.746. The first-order valence-electron chi connectivity index (χ1n) is 5.03. The molecule has 0 fully saturated rings. The lowest BCUT2D eigenvalue weighted by atomic mass is 10.1. The van der Waals surface area contributed by atoms with Gasteiger partial charge in [0.05, 0.1) is 4.75 Å². The third kappa shape index (κ3) is 3.42. The minimum atomic E-state index is -1.23. The van der Waals surface area contributed by atoms with Gasteiger partial charge >= 0.3 is 0 Å². The molecule has 0 aliphatic heterocycles. The van der Waals surface area contributed by atoms with E-state index >= 15 is 0 Å². The summed E-state index contributed by atoms with van der Waals surface area (Å²) in [5.74, 6) is 0. The second-order valence-electron chi connectivity index (χ2n) is 4.55. The van der Waals surface area contributed by atoms with Crippen LogP contribution in [0.25, 0.3) is 0 Å². The SMILES string of the molecule is Cc1c(Cl)cccc1C=N[S@](=O)C(C)(C)C. The van der Waals surface area contributed by atoms with E-state index in [9.17, 15) is 4.21 Å². The van der Waals surface area contributed by atoms with Crippen molar-refractivity contribution in [1.82, 2.24) is 0 Å². The molecule has 0 heterocycles. The van der Waals surface area contributed by atoms with Gasteiger partial charge in [0.2, 0.25) is 0 Å². The Bertz CT molecular complexity index is 435. The molecular weight excluding hydrogens is 242 g/mol. The van der Waals surface area contributed by atoms with Crippen molar-refractivity contribution in [2.45, 2.75) is 32.4 Å².